The Morgan fingerprint density at radius 3 is 2.45 bits per heavy atom. The van der Waals surface area contributed by atoms with Gasteiger partial charge >= 0.3 is 0 Å². The van der Waals surface area contributed by atoms with Crippen molar-refractivity contribution < 1.29 is 8.91 Å². The van der Waals surface area contributed by atoms with Crippen molar-refractivity contribution in [2.24, 2.45) is 5.73 Å². The molecule has 0 fully saturated rings. The number of hydrogen-bond donors (Lipinski definition) is 1. The Balaban J connectivity index is 2.41. The molecule has 0 aliphatic carbocycles. The molecule has 4 nitrogen and oxygen atoms in total. The van der Waals surface area contributed by atoms with Crippen LogP contribution in [0.5, 0.6) is 0 Å². The van der Waals surface area contributed by atoms with Gasteiger partial charge in [-0.2, -0.15) is 4.98 Å². The summed E-state index contributed by atoms with van der Waals surface area (Å²) in [5.74, 6) is 0.541. The van der Waals surface area contributed by atoms with Gasteiger partial charge < -0.3 is 10.3 Å². The summed E-state index contributed by atoms with van der Waals surface area (Å²) in [5, 5.41) is 3.95. The van der Waals surface area contributed by atoms with E-state index in [1.54, 1.807) is 12.1 Å². The average molecular weight is 342 g/mol. The molecule has 0 saturated carbocycles. The Kier molecular flexibility index (Phi) is 3.73. The highest BCUT2D eigenvalue weighted by Gasteiger charge is 2.40. The number of nitrogens with two attached hydrogens (primary N) is 1. The van der Waals surface area contributed by atoms with Crippen LogP contribution in [0.1, 0.15) is 33.6 Å². The molecule has 0 unspecified atom stereocenters. The summed E-state index contributed by atoms with van der Waals surface area (Å²) in [6.45, 7) is 7.71. The van der Waals surface area contributed by atoms with E-state index in [-0.39, 0.29) is 5.82 Å². The Labute approximate surface area is 125 Å². The molecule has 0 aliphatic heterocycles. The van der Waals surface area contributed by atoms with Gasteiger partial charge in [0.1, 0.15) is 5.82 Å². The topological polar surface area (TPSA) is 64.9 Å². The summed E-state index contributed by atoms with van der Waals surface area (Å²) >= 11 is 3.14. The lowest BCUT2D eigenvalue weighted by Crippen LogP contribution is -2.50. The lowest BCUT2D eigenvalue weighted by molar-refractivity contribution is 0.223. The Morgan fingerprint density at radius 1 is 1.25 bits per heavy atom. The number of nitrogens with zero attached hydrogens (tertiary/aromatic N) is 2. The normalized spacial score (nSPS) is 12.8. The van der Waals surface area contributed by atoms with Gasteiger partial charge in [-0.25, -0.2) is 4.39 Å². The fourth-order valence-electron chi connectivity index (χ4n) is 1.51. The summed E-state index contributed by atoms with van der Waals surface area (Å²) in [4.78, 5) is 4.39. The van der Waals surface area contributed by atoms with E-state index < -0.39 is 11.0 Å². The quantitative estimate of drug-likeness (QED) is 0.925. The van der Waals surface area contributed by atoms with Crippen molar-refractivity contribution in [2.75, 3.05) is 0 Å². The second kappa shape index (κ2) is 4.93. The molecule has 0 saturated heterocycles. The molecular formula is C14H17BrFN3O. The molecule has 6 heteroatoms. The molecular weight excluding hydrogens is 325 g/mol. The van der Waals surface area contributed by atoms with Crippen LogP contribution in [0.25, 0.3) is 11.4 Å². The summed E-state index contributed by atoms with van der Waals surface area (Å²) in [6.07, 6.45) is 0. The standard InChI is InChI=1S/C14H17BrFN3O/c1-13(2,14(3,4)17)12-18-11(19-20-12)8-5-6-10(16)9(15)7-8/h5-7H,17H2,1-4H3. The van der Waals surface area contributed by atoms with Crippen molar-refractivity contribution in [1.82, 2.24) is 10.1 Å². The van der Waals surface area contributed by atoms with Gasteiger partial charge in [0.05, 0.1) is 9.89 Å². The molecule has 2 aromatic rings. The highest BCUT2D eigenvalue weighted by molar-refractivity contribution is 9.10. The molecule has 0 spiro atoms. The second-order valence-electron chi connectivity index (χ2n) is 5.90. The first-order valence-corrected chi connectivity index (χ1v) is 7.01. The molecule has 0 aliphatic rings. The van der Waals surface area contributed by atoms with E-state index in [9.17, 15) is 4.39 Å². The van der Waals surface area contributed by atoms with E-state index in [4.69, 9.17) is 10.3 Å². The molecule has 0 bridgehead atoms. The molecule has 1 aromatic carbocycles. The zero-order valence-corrected chi connectivity index (χ0v) is 13.5. The van der Waals surface area contributed by atoms with Crippen LogP contribution in [0.3, 0.4) is 0 Å². The van der Waals surface area contributed by atoms with Crippen LogP contribution in [0, 0.1) is 5.82 Å². The minimum absolute atomic E-state index is 0.333. The van der Waals surface area contributed by atoms with Crippen LogP contribution in [0.2, 0.25) is 0 Å². The third-order valence-electron chi connectivity index (χ3n) is 3.75. The highest BCUT2D eigenvalue weighted by atomic mass is 79.9. The van der Waals surface area contributed by atoms with Gasteiger partial charge in [-0.3, -0.25) is 0 Å². The molecule has 0 radical (unpaired) electrons. The van der Waals surface area contributed by atoms with E-state index in [0.29, 0.717) is 21.8 Å². The zero-order valence-electron chi connectivity index (χ0n) is 11.9. The van der Waals surface area contributed by atoms with Crippen molar-refractivity contribution in [3.8, 4) is 11.4 Å². The van der Waals surface area contributed by atoms with Gasteiger partial charge in [0.25, 0.3) is 0 Å². The van der Waals surface area contributed by atoms with Crippen molar-refractivity contribution in [3.63, 3.8) is 0 Å². The molecule has 2 rings (SSSR count). The van der Waals surface area contributed by atoms with E-state index in [0.717, 1.165) is 0 Å². The highest BCUT2D eigenvalue weighted by Crippen LogP contribution is 2.33. The predicted molar refractivity (Wildman–Crippen MR) is 78.7 cm³/mol. The molecule has 0 atom stereocenters. The largest absolute Gasteiger partial charge is 0.338 e. The van der Waals surface area contributed by atoms with E-state index >= 15 is 0 Å². The number of halogens is 2. The third kappa shape index (κ3) is 2.62. The summed E-state index contributed by atoms with van der Waals surface area (Å²) in [5.41, 5.74) is 5.84. The van der Waals surface area contributed by atoms with Crippen LogP contribution >= 0.6 is 15.9 Å². The molecule has 108 valence electrons. The van der Waals surface area contributed by atoms with Crippen molar-refractivity contribution >= 4 is 15.9 Å². The number of rotatable bonds is 3. The van der Waals surface area contributed by atoms with Crippen molar-refractivity contribution in [2.45, 2.75) is 38.6 Å². The SMILES string of the molecule is CC(C)(N)C(C)(C)c1nc(-c2ccc(F)c(Br)c2)no1. The van der Waals surface area contributed by atoms with Crippen molar-refractivity contribution in [1.29, 1.82) is 0 Å². The first-order chi connectivity index (χ1) is 9.13. The smallest absolute Gasteiger partial charge is 0.234 e. The zero-order chi connectivity index (χ0) is 15.1. The van der Waals surface area contributed by atoms with Crippen LogP contribution in [0.4, 0.5) is 4.39 Å². The molecule has 2 N–H and O–H groups in total. The monoisotopic (exact) mass is 341 g/mol. The average Bonchev–Trinajstić information content (AvgIpc) is 2.81. The van der Waals surface area contributed by atoms with E-state index in [1.165, 1.54) is 6.07 Å². The van der Waals surface area contributed by atoms with Crippen LogP contribution in [-0.2, 0) is 5.41 Å². The lowest BCUT2D eigenvalue weighted by atomic mass is 9.75. The van der Waals surface area contributed by atoms with Crippen molar-refractivity contribution in [3.05, 3.63) is 34.4 Å². The molecule has 1 aromatic heterocycles. The molecule has 1 heterocycles. The van der Waals surface area contributed by atoms with Crippen LogP contribution in [-0.4, -0.2) is 15.7 Å². The van der Waals surface area contributed by atoms with Gasteiger partial charge in [0, 0.05) is 11.1 Å². The van der Waals surface area contributed by atoms with Gasteiger partial charge in [-0.1, -0.05) is 5.16 Å². The van der Waals surface area contributed by atoms with Gasteiger partial charge in [-0.15, -0.1) is 0 Å². The minimum Gasteiger partial charge on any atom is -0.338 e. The maximum absolute atomic E-state index is 13.2. The number of hydrogen-bond acceptors (Lipinski definition) is 4. The summed E-state index contributed by atoms with van der Waals surface area (Å²) in [7, 11) is 0. The Hall–Kier alpha value is -1.27. The first kappa shape index (κ1) is 15.1. The van der Waals surface area contributed by atoms with Crippen LogP contribution < -0.4 is 5.73 Å². The Bertz CT molecular complexity index is 632. The van der Waals surface area contributed by atoms with Gasteiger partial charge in [0.15, 0.2) is 0 Å². The number of benzene rings is 1. The third-order valence-corrected chi connectivity index (χ3v) is 4.36. The maximum Gasteiger partial charge on any atom is 0.234 e. The molecule has 20 heavy (non-hydrogen) atoms. The molecule has 0 amide bonds. The fourth-order valence-corrected chi connectivity index (χ4v) is 1.88. The summed E-state index contributed by atoms with van der Waals surface area (Å²) < 4.78 is 18.9. The lowest BCUT2D eigenvalue weighted by Gasteiger charge is -2.34. The maximum atomic E-state index is 13.2. The van der Waals surface area contributed by atoms with Gasteiger partial charge in [-0.05, 0) is 61.8 Å². The second-order valence-corrected chi connectivity index (χ2v) is 6.75. The van der Waals surface area contributed by atoms with Gasteiger partial charge in [0.2, 0.25) is 11.7 Å². The minimum atomic E-state index is -0.514. The fraction of sp³-hybridized carbons (Fsp3) is 0.429. The van der Waals surface area contributed by atoms with E-state index in [2.05, 4.69) is 26.1 Å². The Morgan fingerprint density at radius 2 is 1.90 bits per heavy atom. The number of aromatic nitrogens is 2. The summed E-state index contributed by atoms with van der Waals surface area (Å²) in [6, 6.07) is 4.58. The first-order valence-electron chi connectivity index (χ1n) is 6.21. The predicted octanol–water partition coefficient (Wildman–Crippen LogP) is 3.65. The van der Waals surface area contributed by atoms with E-state index in [1.807, 2.05) is 27.7 Å². The van der Waals surface area contributed by atoms with Crippen LogP contribution in [0.15, 0.2) is 27.2 Å².